The predicted octanol–water partition coefficient (Wildman–Crippen LogP) is 23.8. The topological polar surface area (TPSA) is 205 Å². The molecule has 0 amide bonds. The first-order chi connectivity index (χ1) is 57.8. The maximum Gasteiger partial charge on any atom is 0.224 e. The number of rotatable bonds is 15. The Kier molecular flexibility index (Phi) is 45.2. The van der Waals surface area contributed by atoms with Gasteiger partial charge in [-0.05, 0) is 223 Å². The second kappa shape index (κ2) is 54.6. The van der Waals surface area contributed by atoms with E-state index in [0.717, 1.165) is 89.6 Å². The quantitative estimate of drug-likeness (QED) is 0.0875. The van der Waals surface area contributed by atoms with E-state index in [-0.39, 0.29) is 63.9 Å². The number of hydrogen-bond acceptors (Lipinski definition) is 18. The van der Waals surface area contributed by atoms with E-state index in [9.17, 15) is 57.5 Å². The molecule has 620 valence electrons. The molecule has 0 fully saturated rings. The molecule has 0 saturated carbocycles. The summed E-state index contributed by atoms with van der Waals surface area (Å²) in [6, 6.07) is 97.2. The van der Waals surface area contributed by atoms with Crippen LogP contribution >= 0.6 is 70.6 Å². The van der Waals surface area contributed by atoms with Crippen LogP contribution in [0.3, 0.4) is 0 Å². The summed E-state index contributed by atoms with van der Waals surface area (Å²) in [5.41, 5.74) is 9.52. The summed E-state index contributed by atoms with van der Waals surface area (Å²) >= 11 is 6.93. The average molecular weight is 1720 g/mol. The second-order valence-corrected chi connectivity index (χ2v) is 35.0. The molecule has 12 rings (SSSR count). The van der Waals surface area contributed by atoms with E-state index < -0.39 is 0 Å². The molecule has 0 aliphatic rings. The van der Waals surface area contributed by atoms with Gasteiger partial charge in [0, 0.05) is 27.5 Å². The Labute approximate surface area is 735 Å². The van der Waals surface area contributed by atoms with Crippen LogP contribution in [-0.2, 0) is 0 Å². The third kappa shape index (κ3) is 38.6. The highest BCUT2D eigenvalue weighted by molar-refractivity contribution is 8.15. The van der Waals surface area contributed by atoms with Crippen LogP contribution in [0.1, 0.15) is 160 Å². The van der Waals surface area contributed by atoms with Gasteiger partial charge in [-0.15, -0.1) is 11.8 Å². The van der Waals surface area contributed by atoms with Crippen molar-refractivity contribution in [2.24, 2.45) is 0 Å². The van der Waals surface area contributed by atoms with Crippen molar-refractivity contribution in [1.82, 2.24) is 0 Å². The minimum atomic E-state index is -0.135. The van der Waals surface area contributed by atoms with Gasteiger partial charge in [-0.1, -0.05) is 328 Å². The lowest BCUT2D eigenvalue weighted by atomic mass is 10.0. The van der Waals surface area contributed by atoms with Gasteiger partial charge in [-0.2, -0.15) is 0 Å². The van der Waals surface area contributed by atoms with Crippen LogP contribution in [0, 0.1) is 27.7 Å². The van der Waals surface area contributed by atoms with E-state index in [1.165, 1.54) is 47.2 Å². The standard InChI is InChI=1S/C17H16O2S.2C15H12O2S.C14H10O2S.C13H16OS.C11H14O.C10H12OS.C8H8O/c1-12(2)13-8-10-15(18)16(11-9-13)20-17(19)14-6-4-3-5-7-14;1-11-6-5-7-12(10-11)15(17)18-14-9-4-2-3-8-13(14)16;1-11-7-9-12(10-8-11)15(17)18-14-6-4-2-3-5-13(14)16;15-12-9-5-2-6-10-13(12)17-14(16)11-7-3-1-4-8-11;1-9(2)11-5-7-12(14)13(8-6-11)15-10(3)4;1-8(2)10-5-4-6-11(12)9(3)7-10;1-8(2)12-10-7-5-3-4-6-9(10)11;1-7-5-3-2-4-6-8(7)9/h3-12H,1-2H3;2*2-10H,1H3;1-10H;5-9H,3H2,1-2,4H3;4-8H,1-3H3;3-8H,1-2H3;2-6H,1H3. The van der Waals surface area contributed by atoms with Crippen LogP contribution in [0.5, 0.6) is 0 Å². The van der Waals surface area contributed by atoms with Crippen LogP contribution in [0.15, 0.2) is 413 Å². The number of benzene rings is 4. The van der Waals surface area contributed by atoms with Crippen molar-refractivity contribution in [3.05, 3.63) is 488 Å². The third-order valence-electron chi connectivity index (χ3n) is 16.6. The van der Waals surface area contributed by atoms with Crippen molar-refractivity contribution < 1.29 is 19.2 Å². The molecule has 0 bridgehead atoms. The fraction of sp³-hybridized carbons (Fsp3) is 0.165. The molecule has 0 atom stereocenters. The molecule has 0 aliphatic carbocycles. The van der Waals surface area contributed by atoms with E-state index in [1.54, 1.807) is 182 Å². The summed E-state index contributed by atoms with van der Waals surface area (Å²) in [4.78, 5) is 144. The lowest BCUT2D eigenvalue weighted by Crippen LogP contribution is -2.01. The van der Waals surface area contributed by atoms with E-state index in [0.29, 0.717) is 64.8 Å². The van der Waals surface area contributed by atoms with E-state index in [4.69, 9.17) is 0 Å². The molecule has 12 nitrogen and oxygen atoms in total. The highest BCUT2D eigenvalue weighted by atomic mass is 32.2. The lowest BCUT2D eigenvalue weighted by molar-refractivity contribution is 0.108. The first-order valence-electron chi connectivity index (χ1n) is 38.8. The Morgan fingerprint density at radius 2 is 0.529 bits per heavy atom. The molecule has 0 spiro atoms. The molecule has 121 heavy (non-hydrogen) atoms. The summed E-state index contributed by atoms with van der Waals surface area (Å²) in [5.74, 6) is 1.28. The normalized spacial score (nSPS) is 10.1. The Morgan fingerprint density at radius 1 is 0.240 bits per heavy atom. The largest absolute Gasteiger partial charge is 0.290 e. The van der Waals surface area contributed by atoms with Crippen molar-refractivity contribution >= 4 is 91.0 Å². The monoisotopic (exact) mass is 1720 g/mol. The Balaban J connectivity index is 0.000000248. The second-order valence-electron chi connectivity index (χ2n) is 28.0. The number of carbonyl (C=O) groups is 4. The van der Waals surface area contributed by atoms with Gasteiger partial charge >= 0.3 is 0 Å². The number of aryl methyl sites for hydroxylation is 4. The van der Waals surface area contributed by atoms with Gasteiger partial charge in [0.1, 0.15) is 0 Å². The molecule has 0 radical (unpaired) electrons. The van der Waals surface area contributed by atoms with Crippen LogP contribution < -0.4 is 43.4 Å². The zero-order valence-corrected chi connectivity index (χ0v) is 75.0. The highest BCUT2D eigenvalue weighted by Gasteiger charge is 2.14. The van der Waals surface area contributed by atoms with Gasteiger partial charge in [-0.25, -0.2) is 0 Å². The van der Waals surface area contributed by atoms with Crippen LogP contribution in [0.2, 0.25) is 0 Å². The van der Waals surface area contributed by atoms with Crippen molar-refractivity contribution in [3.8, 4) is 0 Å². The average Bonchev–Trinajstić information content (AvgIpc) is 1.50. The van der Waals surface area contributed by atoms with Gasteiger partial charge < -0.3 is 0 Å². The summed E-state index contributed by atoms with van der Waals surface area (Å²) in [6.45, 7) is 30.0. The predicted molar refractivity (Wildman–Crippen MR) is 511 cm³/mol. The fourth-order valence-corrected chi connectivity index (χ4v) is 14.5. The zero-order valence-electron chi connectivity index (χ0n) is 70.1. The number of thioether (sulfide) groups is 6. The maximum absolute atomic E-state index is 12.1. The lowest BCUT2D eigenvalue weighted by Gasteiger charge is -2.00. The van der Waals surface area contributed by atoms with Gasteiger partial charge in [0.25, 0.3) is 0 Å². The van der Waals surface area contributed by atoms with Gasteiger partial charge in [0.15, 0.2) is 43.4 Å². The van der Waals surface area contributed by atoms with E-state index >= 15 is 0 Å². The molecule has 12 aromatic carbocycles. The number of hydrogen-bond donors (Lipinski definition) is 0. The van der Waals surface area contributed by atoms with E-state index in [2.05, 4.69) is 62.0 Å². The summed E-state index contributed by atoms with van der Waals surface area (Å²) < 4.78 is 0. The van der Waals surface area contributed by atoms with Crippen molar-refractivity contribution in [3.63, 3.8) is 0 Å². The van der Waals surface area contributed by atoms with Crippen molar-refractivity contribution in [2.75, 3.05) is 0 Å². The Morgan fingerprint density at radius 3 is 0.917 bits per heavy atom. The van der Waals surface area contributed by atoms with Crippen LogP contribution in [0.4, 0.5) is 0 Å². The SMILES string of the molecule is C=C(C)Sc1ccc(C(C)C)ccc1=O.CC(C)Sc1cccccc1=O.CC(C)c1ccc(SC(=O)c2ccccc2)c(=O)cc1.Cc1cc(C(C)C)cccc1=O.Cc1ccc(C(=O)Sc2cccccc2=O)cc1.Cc1cccc(C(=O)Sc2cccccc2=O)c1.Cc1cccccc1=O.O=C(Sc1cccccc1=O)c1ccccc1. The van der Waals surface area contributed by atoms with Gasteiger partial charge in [-0.3, -0.25) is 57.5 Å². The Bertz CT molecular complexity index is 5960. The molecule has 18 heteroatoms. The molecule has 0 aliphatic heterocycles. The molecule has 0 unspecified atom stereocenters. The number of carbonyl (C=O) groups excluding carboxylic acids is 4. The van der Waals surface area contributed by atoms with Crippen molar-refractivity contribution in [1.29, 1.82) is 0 Å². The van der Waals surface area contributed by atoms with Crippen molar-refractivity contribution in [2.45, 2.75) is 142 Å². The summed E-state index contributed by atoms with van der Waals surface area (Å²) in [5, 5.41) is 0.00861. The zero-order chi connectivity index (χ0) is 88.8. The third-order valence-corrected chi connectivity index (χ3v) is 22.4. The smallest absolute Gasteiger partial charge is 0.224 e. The van der Waals surface area contributed by atoms with Gasteiger partial charge in [0.2, 0.25) is 20.5 Å². The molecule has 0 N–H and O–H groups in total. The first-order valence-corrected chi connectivity index (χ1v) is 43.7. The Hall–Kier alpha value is -11.5. The molecular formula is C103H100O12S6. The number of allylic oxidation sites excluding steroid dienone is 1. The van der Waals surface area contributed by atoms with E-state index in [1.807, 2.05) is 174 Å². The summed E-state index contributed by atoms with van der Waals surface area (Å²) in [6.07, 6.45) is 0. The van der Waals surface area contributed by atoms with Crippen LogP contribution in [-0.4, -0.2) is 25.7 Å². The maximum atomic E-state index is 12.1. The van der Waals surface area contributed by atoms with Gasteiger partial charge in [0.05, 0.1) is 29.4 Å². The minimum Gasteiger partial charge on any atom is -0.290 e. The van der Waals surface area contributed by atoms with Crippen LogP contribution in [0.25, 0.3) is 0 Å². The fourth-order valence-electron chi connectivity index (χ4n) is 9.89. The first kappa shape index (κ1) is 100. The summed E-state index contributed by atoms with van der Waals surface area (Å²) in [7, 11) is 0. The molecular weight excluding hydrogens is 1620 g/mol. The molecule has 0 aromatic heterocycles. The molecule has 0 saturated heterocycles. The molecule has 12 aromatic rings. The minimum absolute atomic E-state index is 0.0647. The highest BCUT2D eigenvalue weighted by Crippen LogP contribution is 2.26. The molecule has 0 heterocycles.